The van der Waals surface area contributed by atoms with Crippen LogP contribution < -0.4 is 0 Å². The summed E-state index contributed by atoms with van der Waals surface area (Å²) in [6.07, 6.45) is 0.443. The maximum Gasteiger partial charge on any atom is 0.311 e. The number of aliphatic carboxylic acids is 1. The quantitative estimate of drug-likeness (QED) is 0.381. The van der Waals surface area contributed by atoms with E-state index in [-0.39, 0.29) is 5.03 Å². The molecule has 11 heavy (non-hydrogen) atoms. The zero-order chi connectivity index (χ0) is 8.85. The Morgan fingerprint density at radius 2 is 2.00 bits per heavy atom. The molecule has 0 saturated carbocycles. The van der Waals surface area contributed by atoms with Gasteiger partial charge in [0.2, 0.25) is 0 Å². The maximum absolute atomic E-state index is 10.6. The zero-order valence-corrected chi connectivity index (χ0v) is 6.17. The molecule has 0 unspecified atom stereocenters. The number of halogens is 1. The molecule has 0 spiro atoms. The summed E-state index contributed by atoms with van der Waals surface area (Å²) in [7, 11) is 0. The molecule has 0 amide bonds. The predicted octanol–water partition coefficient (Wildman–Crippen LogP) is 0.352. The number of aldehydes is 1. The van der Waals surface area contributed by atoms with Gasteiger partial charge in [0, 0.05) is 6.08 Å². The number of carboxylic acid groups (broad SMARTS) is 1. The molecular formula is C6H5ClO4. The lowest BCUT2D eigenvalue weighted by Gasteiger charge is -1.90. The number of carbonyl (C=O) groups excluding carboxylic acids is 2. The summed E-state index contributed by atoms with van der Waals surface area (Å²) < 4.78 is 0. The number of ketones is 1. The molecule has 60 valence electrons. The SMILES string of the molecule is O=C/C=C(/Cl)C(=O)CC(=O)O. The molecule has 0 heterocycles. The lowest BCUT2D eigenvalue weighted by Crippen LogP contribution is -2.06. The molecule has 0 atom stereocenters. The van der Waals surface area contributed by atoms with E-state index in [2.05, 4.69) is 0 Å². The van der Waals surface area contributed by atoms with Crippen LogP contribution in [-0.2, 0) is 14.4 Å². The highest BCUT2D eigenvalue weighted by molar-refractivity contribution is 6.44. The van der Waals surface area contributed by atoms with Crippen LogP contribution in [0.5, 0.6) is 0 Å². The van der Waals surface area contributed by atoms with Gasteiger partial charge in [-0.05, 0) is 0 Å². The van der Waals surface area contributed by atoms with Crippen molar-refractivity contribution in [2.75, 3.05) is 0 Å². The lowest BCUT2D eigenvalue weighted by atomic mass is 10.2. The summed E-state index contributed by atoms with van der Waals surface area (Å²) >= 11 is 5.19. The number of rotatable bonds is 4. The zero-order valence-electron chi connectivity index (χ0n) is 5.41. The fraction of sp³-hybridized carbons (Fsp3) is 0.167. The molecule has 0 fully saturated rings. The molecule has 1 N–H and O–H groups in total. The third-order valence-electron chi connectivity index (χ3n) is 0.793. The van der Waals surface area contributed by atoms with Gasteiger partial charge in [-0.25, -0.2) is 0 Å². The molecule has 0 aliphatic carbocycles. The first-order valence-electron chi connectivity index (χ1n) is 2.64. The Morgan fingerprint density at radius 3 is 2.36 bits per heavy atom. The predicted molar refractivity (Wildman–Crippen MR) is 37.3 cm³/mol. The normalized spacial score (nSPS) is 10.8. The second kappa shape index (κ2) is 4.62. The van der Waals surface area contributed by atoms with Crippen molar-refractivity contribution in [3.8, 4) is 0 Å². The standard InChI is InChI=1S/C6H5ClO4/c7-4(1-2-8)5(9)3-6(10)11/h1-2H,3H2,(H,10,11)/b4-1+. The molecule has 0 aromatic heterocycles. The molecule has 5 heteroatoms. The van der Waals surface area contributed by atoms with Gasteiger partial charge in [-0.1, -0.05) is 11.6 Å². The van der Waals surface area contributed by atoms with Gasteiger partial charge in [0.1, 0.15) is 12.7 Å². The van der Waals surface area contributed by atoms with E-state index in [0.717, 1.165) is 6.08 Å². The van der Waals surface area contributed by atoms with Gasteiger partial charge in [-0.2, -0.15) is 0 Å². The first-order chi connectivity index (χ1) is 5.07. The van der Waals surface area contributed by atoms with Gasteiger partial charge in [0.05, 0.1) is 5.03 Å². The van der Waals surface area contributed by atoms with Crippen molar-refractivity contribution in [3.05, 3.63) is 11.1 Å². The van der Waals surface area contributed by atoms with E-state index in [4.69, 9.17) is 16.7 Å². The minimum Gasteiger partial charge on any atom is -0.481 e. The van der Waals surface area contributed by atoms with Crippen LogP contribution in [-0.4, -0.2) is 23.1 Å². The Morgan fingerprint density at radius 1 is 1.45 bits per heavy atom. The molecule has 0 aliphatic heterocycles. The average molecular weight is 177 g/mol. The van der Waals surface area contributed by atoms with Crippen LogP contribution in [0.4, 0.5) is 0 Å². The van der Waals surface area contributed by atoms with Gasteiger partial charge >= 0.3 is 5.97 Å². The number of carbonyl (C=O) groups is 3. The van der Waals surface area contributed by atoms with Crippen LogP contribution >= 0.6 is 11.6 Å². The van der Waals surface area contributed by atoms with E-state index < -0.39 is 18.2 Å². The van der Waals surface area contributed by atoms with E-state index in [1.165, 1.54) is 0 Å². The highest BCUT2D eigenvalue weighted by Crippen LogP contribution is 2.03. The molecule has 0 bridgehead atoms. The monoisotopic (exact) mass is 176 g/mol. The number of carboxylic acids is 1. The molecule has 0 aromatic rings. The smallest absolute Gasteiger partial charge is 0.311 e. The second-order valence-corrected chi connectivity index (χ2v) is 2.05. The van der Waals surface area contributed by atoms with Crippen LogP contribution in [0.25, 0.3) is 0 Å². The van der Waals surface area contributed by atoms with Gasteiger partial charge in [0.25, 0.3) is 0 Å². The largest absolute Gasteiger partial charge is 0.481 e. The summed E-state index contributed by atoms with van der Waals surface area (Å²) in [5, 5.41) is 7.75. The summed E-state index contributed by atoms with van der Waals surface area (Å²) in [4.78, 5) is 30.3. The first-order valence-corrected chi connectivity index (χ1v) is 3.01. The first kappa shape index (κ1) is 9.84. The maximum atomic E-state index is 10.6. The minimum absolute atomic E-state index is 0.322. The fourth-order valence-electron chi connectivity index (χ4n) is 0.374. The lowest BCUT2D eigenvalue weighted by molar-refractivity contribution is -0.139. The van der Waals surface area contributed by atoms with Gasteiger partial charge in [-0.15, -0.1) is 0 Å². The van der Waals surface area contributed by atoms with Gasteiger partial charge in [-0.3, -0.25) is 14.4 Å². The summed E-state index contributed by atoms with van der Waals surface area (Å²) in [5.41, 5.74) is 0. The topological polar surface area (TPSA) is 71.4 Å². The molecule has 0 saturated heterocycles. The van der Waals surface area contributed by atoms with Crippen molar-refractivity contribution in [3.63, 3.8) is 0 Å². The molecule has 0 rings (SSSR count). The molecule has 0 aliphatic rings. The van der Waals surface area contributed by atoms with Crippen molar-refractivity contribution < 1.29 is 19.5 Å². The number of hydrogen-bond donors (Lipinski definition) is 1. The van der Waals surface area contributed by atoms with Crippen molar-refractivity contribution in [1.29, 1.82) is 0 Å². The molecule has 0 radical (unpaired) electrons. The van der Waals surface area contributed by atoms with E-state index in [9.17, 15) is 14.4 Å². The highest BCUT2D eigenvalue weighted by atomic mass is 35.5. The fourth-order valence-corrected chi connectivity index (χ4v) is 0.493. The van der Waals surface area contributed by atoms with Crippen molar-refractivity contribution in [2.24, 2.45) is 0 Å². The Balaban J connectivity index is 4.14. The van der Waals surface area contributed by atoms with Crippen LogP contribution in [0.2, 0.25) is 0 Å². The molecule has 0 aromatic carbocycles. The minimum atomic E-state index is -1.27. The Hall–Kier alpha value is -1.16. The van der Waals surface area contributed by atoms with Crippen LogP contribution in [0.3, 0.4) is 0 Å². The summed E-state index contributed by atoms with van der Waals surface area (Å²) in [6.45, 7) is 0. The number of allylic oxidation sites excluding steroid dienone is 2. The third-order valence-corrected chi connectivity index (χ3v) is 1.13. The highest BCUT2D eigenvalue weighted by Gasteiger charge is 2.10. The van der Waals surface area contributed by atoms with Gasteiger partial charge in [0.15, 0.2) is 5.78 Å². The average Bonchev–Trinajstić information content (AvgIpc) is 1.86. The van der Waals surface area contributed by atoms with E-state index >= 15 is 0 Å². The van der Waals surface area contributed by atoms with Crippen molar-refractivity contribution in [1.82, 2.24) is 0 Å². The van der Waals surface area contributed by atoms with Crippen LogP contribution in [0.15, 0.2) is 11.1 Å². The van der Waals surface area contributed by atoms with Gasteiger partial charge < -0.3 is 5.11 Å². The number of hydrogen-bond acceptors (Lipinski definition) is 3. The van der Waals surface area contributed by atoms with Crippen molar-refractivity contribution in [2.45, 2.75) is 6.42 Å². The Bertz CT molecular complexity index is 219. The Labute approximate surface area is 67.5 Å². The third kappa shape index (κ3) is 4.27. The molecular weight excluding hydrogens is 172 g/mol. The second-order valence-electron chi connectivity index (χ2n) is 1.64. The Kier molecular flexibility index (Phi) is 4.14. The number of Topliss-reactive ketones (excluding diaryl/α,β-unsaturated/α-hetero) is 1. The van der Waals surface area contributed by atoms with Crippen molar-refractivity contribution >= 4 is 29.6 Å². The molecule has 4 nitrogen and oxygen atoms in total. The van der Waals surface area contributed by atoms with E-state index in [0.29, 0.717) is 6.29 Å². The van der Waals surface area contributed by atoms with E-state index in [1.54, 1.807) is 0 Å². The summed E-state index contributed by atoms with van der Waals surface area (Å²) in [6, 6.07) is 0. The van der Waals surface area contributed by atoms with E-state index in [1.807, 2.05) is 0 Å². The summed E-state index contributed by atoms with van der Waals surface area (Å²) in [5.74, 6) is -2.04. The van der Waals surface area contributed by atoms with Crippen LogP contribution in [0.1, 0.15) is 6.42 Å². The van der Waals surface area contributed by atoms with Crippen LogP contribution in [0, 0.1) is 0 Å².